The van der Waals surface area contributed by atoms with Crippen molar-refractivity contribution in [3.05, 3.63) is 70.2 Å². The second-order valence-electron chi connectivity index (χ2n) is 5.38. The van der Waals surface area contributed by atoms with Crippen LogP contribution in [0, 0.1) is 0 Å². The third-order valence-corrected chi connectivity index (χ3v) is 4.45. The Morgan fingerprint density at radius 3 is 2.79 bits per heavy atom. The van der Waals surface area contributed by atoms with Crippen molar-refractivity contribution < 1.29 is 4.74 Å². The Morgan fingerprint density at radius 2 is 2.00 bits per heavy atom. The molecule has 0 fully saturated rings. The highest BCUT2D eigenvalue weighted by Crippen LogP contribution is 2.33. The Bertz CT molecular complexity index is 903. The van der Waals surface area contributed by atoms with Crippen LogP contribution in [0.5, 0.6) is 5.75 Å². The second-order valence-corrected chi connectivity index (χ2v) is 6.30. The van der Waals surface area contributed by atoms with Crippen LogP contribution in [0.4, 0.5) is 5.95 Å². The van der Waals surface area contributed by atoms with E-state index < -0.39 is 0 Å². The standard InChI is InChI=1S/C17H14BrN5O/c1-24-14-4-2-3-12(9-14)16-10-15(11-5-7-13(18)8-6-11)19-17-20-21-22-23(16)17/h2-10,16H,1H3,(H,19,20,22). The summed E-state index contributed by atoms with van der Waals surface area (Å²) in [7, 11) is 1.66. The minimum atomic E-state index is -0.106. The van der Waals surface area contributed by atoms with Crippen molar-refractivity contribution >= 4 is 27.6 Å². The lowest BCUT2D eigenvalue weighted by molar-refractivity contribution is 0.413. The fourth-order valence-corrected chi connectivity index (χ4v) is 2.98. The summed E-state index contributed by atoms with van der Waals surface area (Å²) >= 11 is 3.46. The van der Waals surface area contributed by atoms with Gasteiger partial charge in [-0.2, -0.15) is 4.68 Å². The van der Waals surface area contributed by atoms with Gasteiger partial charge in [-0.25, -0.2) is 0 Å². The molecule has 2 heterocycles. The van der Waals surface area contributed by atoms with Crippen LogP contribution in [0.25, 0.3) is 5.70 Å². The topological polar surface area (TPSA) is 64.9 Å². The number of methoxy groups -OCH3 is 1. The lowest BCUT2D eigenvalue weighted by Crippen LogP contribution is -2.20. The molecule has 1 N–H and O–H groups in total. The van der Waals surface area contributed by atoms with Crippen molar-refractivity contribution in [1.82, 2.24) is 20.2 Å². The molecule has 120 valence electrons. The number of tetrazole rings is 1. The van der Waals surface area contributed by atoms with Gasteiger partial charge >= 0.3 is 0 Å². The highest BCUT2D eigenvalue weighted by Gasteiger charge is 2.24. The van der Waals surface area contributed by atoms with E-state index in [0.717, 1.165) is 27.0 Å². The summed E-state index contributed by atoms with van der Waals surface area (Å²) in [4.78, 5) is 0. The van der Waals surface area contributed by atoms with Crippen molar-refractivity contribution in [3.8, 4) is 5.75 Å². The minimum Gasteiger partial charge on any atom is -0.497 e. The van der Waals surface area contributed by atoms with E-state index in [1.165, 1.54) is 0 Å². The quantitative estimate of drug-likeness (QED) is 0.749. The molecule has 0 radical (unpaired) electrons. The van der Waals surface area contributed by atoms with Gasteiger partial charge in [-0.05, 0) is 51.9 Å². The number of halogens is 1. The van der Waals surface area contributed by atoms with Crippen LogP contribution in [-0.2, 0) is 0 Å². The molecular formula is C17H14BrN5O. The molecule has 2 aromatic carbocycles. The summed E-state index contributed by atoms with van der Waals surface area (Å²) in [6, 6.07) is 15.9. The molecule has 4 rings (SSSR count). The monoisotopic (exact) mass is 383 g/mol. The van der Waals surface area contributed by atoms with E-state index in [2.05, 4.69) is 42.8 Å². The predicted molar refractivity (Wildman–Crippen MR) is 94.7 cm³/mol. The van der Waals surface area contributed by atoms with Gasteiger partial charge in [0.15, 0.2) is 0 Å². The highest BCUT2D eigenvalue weighted by atomic mass is 79.9. The molecule has 3 aromatic rings. The van der Waals surface area contributed by atoms with Crippen LogP contribution in [-0.4, -0.2) is 27.3 Å². The van der Waals surface area contributed by atoms with Gasteiger partial charge in [0.05, 0.1) is 7.11 Å². The van der Waals surface area contributed by atoms with E-state index in [-0.39, 0.29) is 6.04 Å². The van der Waals surface area contributed by atoms with Crippen molar-refractivity contribution in [2.75, 3.05) is 12.4 Å². The number of hydrogen-bond donors (Lipinski definition) is 1. The number of aromatic nitrogens is 4. The van der Waals surface area contributed by atoms with Crippen LogP contribution in [0.15, 0.2) is 59.1 Å². The molecule has 1 aromatic heterocycles. The number of allylic oxidation sites excluding steroid dienone is 1. The average molecular weight is 384 g/mol. The summed E-state index contributed by atoms with van der Waals surface area (Å²) in [5, 5.41) is 15.3. The Hall–Kier alpha value is -2.67. The second kappa shape index (κ2) is 6.09. The maximum absolute atomic E-state index is 5.34. The van der Waals surface area contributed by atoms with Gasteiger partial charge in [-0.15, -0.1) is 0 Å². The summed E-state index contributed by atoms with van der Waals surface area (Å²) in [5.41, 5.74) is 3.09. The third kappa shape index (κ3) is 2.67. The first-order valence-corrected chi connectivity index (χ1v) is 8.20. The molecule has 0 spiro atoms. The molecule has 1 aliphatic rings. The Morgan fingerprint density at radius 1 is 1.17 bits per heavy atom. The first-order valence-electron chi connectivity index (χ1n) is 7.41. The van der Waals surface area contributed by atoms with E-state index in [0.29, 0.717) is 5.95 Å². The van der Waals surface area contributed by atoms with Gasteiger partial charge in [0.1, 0.15) is 11.8 Å². The number of benzene rings is 2. The lowest BCUT2D eigenvalue weighted by Gasteiger charge is -2.23. The van der Waals surface area contributed by atoms with Crippen molar-refractivity contribution in [2.24, 2.45) is 0 Å². The first kappa shape index (κ1) is 14.9. The number of fused-ring (bicyclic) bond motifs is 1. The largest absolute Gasteiger partial charge is 0.497 e. The summed E-state index contributed by atoms with van der Waals surface area (Å²) in [5.74, 6) is 1.42. The minimum absolute atomic E-state index is 0.106. The van der Waals surface area contributed by atoms with Crippen LogP contribution in [0.2, 0.25) is 0 Å². The van der Waals surface area contributed by atoms with E-state index in [9.17, 15) is 0 Å². The lowest BCUT2D eigenvalue weighted by atomic mass is 10.0. The highest BCUT2D eigenvalue weighted by molar-refractivity contribution is 9.10. The molecule has 6 nitrogen and oxygen atoms in total. The fraction of sp³-hybridized carbons (Fsp3) is 0.118. The zero-order valence-corrected chi connectivity index (χ0v) is 14.4. The molecule has 24 heavy (non-hydrogen) atoms. The van der Waals surface area contributed by atoms with Crippen molar-refractivity contribution in [2.45, 2.75) is 6.04 Å². The third-order valence-electron chi connectivity index (χ3n) is 3.92. The van der Waals surface area contributed by atoms with Crippen LogP contribution in [0.3, 0.4) is 0 Å². The molecule has 0 saturated heterocycles. The van der Waals surface area contributed by atoms with Gasteiger partial charge in [0, 0.05) is 10.2 Å². The zero-order valence-electron chi connectivity index (χ0n) is 12.8. The molecule has 0 bridgehead atoms. The van der Waals surface area contributed by atoms with Crippen LogP contribution >= 0.6 is 15.9 Å². The number of ether oxygens (including phenoxy) is 1. The van der Waals surface area contributed by atoms with Crippen LogP contribution < -0.4 is 10.1 Å². The Labute approximate surface area is 147 Å². The zero-order chi connectivity index (χ0) is 16.5. The Balaban J connectivity index is 1.80. The molecule has 0 amide bonds. The summed E-state index contributed by atoms with van der Waals surface area (Å²) < 4.78 is 8.14. The van der Waals surface area contributed by atoms with Gasteiger partial charge in [-0.3, -0.25) is 0 Å². The van der Waals surface area contributed by atoms with Crippen molar-refractivity contribution in [3.63, 3.8) is 0 Å². The first-order chi connectivity index (χ1) is 11.7. The SMILES string of the molecule is COc1cccc(C2C=C(c3ccc(Br)cc3)Nc3nnnn32)c1. The predicted octanol–water partition coefficient (Wildman–Crippen LogP) is 3.50. The molecular weight excluding hydrogens is 370 g/mol. The molecule has 1 unspecified atom stereocenters. The Kier molecular flexibility index (Phi) is 3.78. The number of rotatable bonds is 3. The van der Waals surface area contributed by atoms with E-state index in [1.54, 1.807) is 11.8 Å². The van der Waals surface area contributed by atoms with Crippen LogP contribution in [0.1, 0.15) is 17.2 Å². The maximum atomic E-state index is 5.34. The normalized spacial score (nSPS) is 16.1. The number of hydrogen-bond acceptors (Lipinski definition) is 5. The number of anilines is 1. The molecule has 7 heteroatoms. The van der Waals surface area contributed by atoms with Gasteiger partial charge in [0.25, 0.3) is 0 Å². The van der Waals surface area contributed by atoms with Gasteiger partial charge in [0.2, 0.25) is 5.95 Å². The number of nitrogens with zero attached hydrogens (tertiary/aromatic N) is 4. The maximum Gasteiger partial charge on any atom is 0.248 e. The smallest absolute Gasteiger partial charge is 0.248 e. The molecule has 1 aliphatic heterocycles. The molecule has 1 atom stereocenters. The molecule has 0 aliphatic carbocycles. The average Bonchev–Trinajstić information content (AvgIpc) is 3.10. The summed E-state index contributed by atoms with van der Waals surface area (Å²) in [6.07, 6.45) is 2.11. The van der Waals surface area contributed by atoms with Crippen molar-refractivity contribution in [1.29, 1.82) is 0 Å². The van der Waals surface area contributed by atoms with Gasteiger partial charge in [-0.1, -0.05) is 45.3 Å². The van der Waals surface area contributed by atoms with E-state index in [4.69, 9.17) is 4.74 Å². The fourth-order valence-electron chi connectivity index (χ4n) is 2.71. The van der Waals surface area contributed by atoms with Gasteiger partial charge < -0.3 is 10.1 Å². The molecule has 0 saturated carbocycles. The van der Waals surface area contributed by atoms with E-state index in [1.807, 2.05) is 48.5 Å². The number of nitrogens with one attached hydrogen (secondary N) is 1. The van der Waals surface area contributed by atoms with E-state index >= 15 is 0 Å². The summed E-state index contributed by atoms with van der Waals surface area (Å²) in [6.45, 7) is 0.